The van der Waals surface area contributed by atoms with Gasteiger partial charge in [-0.2, -0.15) is 0 Å². The normalized spacial score (nSPS) is 9.12. The standard InChI is InChI=1S/C13H13BrO3/c1-3-4-7-17-11-6-5-10(9-14)12(8-11)13(15)16-2/h5-6,8H,7,9H2,1-2H3. The minimum atomic E-state index is -0.369. The summed E-state index contributed by atoms with van der Waals surface area (Å²) in [5.41, 5.74) is 1.37. The van der Waals surface area contributed by atoms with E-state index in [1.54, 1.807) is 19.1 Å². The van der Waals surface area contributed by atoms with Crippen LogP contribution in [0.4, 0.5) is 0 Å². The van der Waals surface area contributed by atoms with Crippen LogP contribution >= 0.6 is 15.9 Å². The molecule has 0 radical (unpaired) electrons. The average Bonchev–Trinajstić information content (AvgIpc) is 2.38. The molecular formula is C13H13BrO3. The number of carbonyl (C=O) groups excluding carboxylic acids is 1. The number of hydrogen-bond donors (Lipinski definition) is 0. The molecule has 0 N–H and O–H groups in total. The molecule has 0 saturated heterocycles. The van der Waals surface area contributed by atoms with Crippen LogP contribution in [0.3, 0.4) is 0 Å². The Hall–Kier alpha value is -1.47. The largest absolute Gasteiger partial charge is 0.481 e. The van der Waals surface area contributed by atoms with E-state index >= 15 is 0 Å². The highest BCUT2D eigenvalue weighted by Gasteiger charge is 2.12. The minimum Gasteiger partial charge on any atom is -0.481 e. The van der Waals surface area contributed by atoms with E-state index in [-0.39, 0.29) is 5.97 Å². The van der Waals surface area contributed by atoms with Crippen LogP contribution in [0.15, 0.2) is 18.2 Å². The van der Waals surface area contributed by atoms with Gasteiger partial charge in [-0.1, -0.05) is 27.9 Å². The Morgan fingerprint density at radius 3 is 2.82 bits per heavy atom. The lowest BCUT2D eigenvalue weighted by Gasteiger charge is -2.08. The zero-order valence-corrected chi connectivity index (χ0v) is 11.3. The summed E-state index contributed by atoms with van der Waals surface area (Å²) in [5.74, 6) is 5.77. The third kappa shape index (κ3) is 3.79. The Balaban J connectivity index is 2.94. The lowest BCUT2D eigenvalue weighted by molar-refractivity contribution is 0.0599. The summed E-state index contributed by atoms with van der Waals surface area (Å²) in [5, 5.41) is 0.590. The molecule has 1 aromatic carbocycles. The van der Waals surface area contributed by atoms with Gasteiger partial charge in [0.25, 0.3) is 0 Å². The van der Waals surface area contributed by atoms with E-state index in [2.05, 4.69) is 27.8 Å². The molecule has 0 amide bonds. The van der Waals surface area contributed by atoms with Crippen LogP contribution < -0.4 is 4.74 Å². The second-order valence-corrected chi connectivity index (χ2v) is 3.72. The van der Waals surface area contributed by atoms with Gasteiger partial charge >= 0.3 is 5.97 Å². The molecular weight excluding hydrogens is 284 g/mol. The Morgan fingerprint density at radius 1 is 1.47 bits per heavy atom. The fraction of sp³-hybridized carbons (Fsp3) is 0.308. The van der Waals surface area contributed by atoms with E-state index in [1.165, 1.54) is 7.11 Å². The van der Waals surface area contributed by atoms with Crippen LogP contribution in [0, 0.1) is 11.8 Å². The van der Waals surface area contributed by atoms with Crippen molar-refractivity contribution in [3.05, 3.63) is 29.3 Å². The quantitative estimate of drug-likeness (QED) is 0.487. The van der Waals surface area contributed by atoms with E-state index in [4.69, 9.17) is 9.47 Å². The SMILES string of the molecule is CC#CCOc1ccc(CBr)c(C(=O)OC)c1. The second-order valence-electron chi connectivity index (χ2n) is 3.16. The molecule has 0 bridgehead atoms. The fourth-order valence-corrected chi connectivity index (χ4v) is 1.74. The predicted molar refractivity (Wildman–Crippen MR) is 69.4 cm³/mol. The molecule has 3 nitrogen and oxygen atoms in total. The van der Waals surface area contributed by atoms with Crippen molar-refractivity contribution in [2.45, 2.75) is 12.3 Å². The van der Waals surface area contributed by atoms with Gasteiger partial charge in [-0.25, -0.2) is 4.79 Å². The number of hydrogen-bond acceptors (Lipinski definition) is 3. The van der Waals surface area contributed by atoms with Gasteiger partial charge in [0.2, 0.25) is 0 Å². The lowest BCUT2D eigenvalue weighted by atomic mass is 10.1. The number of ether oxygens (including phenoxy) is 2. The van der Waals surface area contributed by atoms with Crippen LogP contribution in [0.1, 0.15) is 22.8 Å². The highest BCUT2D eigenvalue weighted by molar-refractivity contribution is 9.08. The number of carbonyl (C=O) groups is 1. The van der Waals surface area contributed by atoms with Crippen LogP contribution in [-0.2, 0) is 10.1 Å². The van der Waals surface area contributed by atoms with Gasteiger partial charge in [0.15, 0.2) is 0 Å². The highest BCUT2D eigenvalue weighted by Crippen LogP contribution is 2.20. The molecule has 0 aliphatic heterocycles. The molecule has 0 aromatic heterocycles. The van der Waals surface area contributed by atoms with Gasteiger partial charge in [-0.3, -0.25) is 0 Å². The van der Waals surface area contributed by atoms with Gasteiger partial charge in [0, 0.05) is 5.33 Å². The molecule has 0 unspecified atom stereocenters. The molecule has 0 heterocycles. The van der Waals surface area contributed by atoms with Crippen molar-refractivity contribution in [3.8, 4) is 17.6 Å². The summed E-state index contributed by atoms with van der Waals surface area (Å²) in [6, 6.07) is 5.30. The van der Waals surface area contributed by atoms with Crippen molar-refractivity contribution in [3.63, 3.8) is 0 Å². The lowest BCUT2D eigenvalue weighted by Crippen LogP contribution is -2.06. The fourth-order valence-electron chi connectivity index (χ4n) is 1.25. The third-order valence-electron chi connectivity index (χ3n) is 2.12. The first kappa shape index (κ1) is 13.6. The molecule has 0 aliphatic rings. The molecule has 0 saturated carbocycles. The van der Waals surface area contributed by atoms with Crippen LogP contribution in [0.5, 0.6) is 5.75 Å². The number of halogens is 1. The Labute approximate surface area is 109 Å². The first-order valence-corrected chi connectivity index (χ1v) is 6.14. The molecule has 0 fully saturated rings. The van der Waals surface area contributed by atoms with Crippen molar-refractivity contribution in [1.29, 1.82) is 0 Å². The topological polar surface area (TPSA) is 35.5 Å². The van der Waals surface area contributed by atoms with Gasteiger partial charge in [-0.15, -0.1) is 5.92 Å². The number of alkyl halides is 1. The van der Waals surface area contributed by atoms with Gasteiger partial charge < -0.3 is 9.47 Å². The summed E-state index contributed by atoms with van der Waals surface area (Å²) in [7, 11) is 1.36. The number of benzene rings is 1. The van der Waals surface area contributed by atoms with Crippen LogP contribution in [0.25, 0.3) is 0 Å². The number of esters is 1. The molecule has 17 heavy (non-hydrogen) atoms. The minimum absolute atomic E-state index is 0.310. The van der Waals surface area contributed by atoms with Crippen molar-refractivity contribution in [2.24, 2.45) is 0 Å². The van der Waals surface area contributed by atoms with Gasteiger partial charge in [-0.05, 0) is 24.6 Å². The maximum absolute atomic E-state index is 11.5. The molecule has 1 aromatic rings. The molecule has 0 aliphatic carbocycles. The maximum atomic E-state index is 11.5. The highest BCUT2D eigenvalue weighted by atomic mass is 79.9. The molecule has 4 heteroatoms. The van der Waals surface area contributed by atoms with Gasteiger partial charge in [0.05, 0.1) is 12.7 Å². The monoisotopic (exact) mass is 296 g/mol. The Morgan fingerprint density at radius 2 is 2.24 bits per heavy atom. The average molecular weight is 297 g/mol. The van der Waals surface area contributed by atoms with E-state index in [9.17, 15) is 4.79 Å². The maximum Gasteiger partial charge on any atom is 0.338 e. The van der Waals surface area contributed by atoms with E-state index in [0.717, 1.165) is 5.56 Å². The zero-order chi connectivity index (χ0) is 12.7. The Kier molecular flexibility index (Phi) is 5.58. The second kappa shape index (κ2) is 6.97. The first-order valence-electron chi connectivity index (χ1n) is 5.02. The van der Waals surface area contributed by atoms with E-state index in [0.29, 0.717) is 23.2 Å². The zero-order valence-electron chi connectivity index (χ0n) is 9.75. The van der Waals surface area contributed by atoms with Crippen molar-refractivity contribution in [2.75, 3.05) is 13.7 Å². The van der Waals surface area contributed by atoms with Crippen LogP contribution in [0.2, 0.25) is 0 Å². The number of rotatable bonds is 4. The van der Waals surface area contributed by atoms with Crippen LogP contribution in [-0.4, -0.2) is 19.7 Å². The summed E-state index contributed by atoms with van der Waals surface area (Å²) in [6.07, 6.45) is 0. The summed E-state index contributed by atoms with van der Waals surface area (Å²) in [6.45, 7) is 2.06. The first-order chi connectivity index (χ1) is 8.22. The summed E-state index contributed by atoms with van der Waals surface area (Å²) < 4.78 is 10.1. The van der Waals surface area contributed by atoms with E-state index in [1.807, 2.05) is 6.07 Å². The third-order valence-corrected chi connectivity index (χ3v) is 2.72. The molecule has 90 valence electrons. The molecule has 1 rings (SSSR count). The number of methoxy groups -OCH3 is 1. The van der Waals surface area contributed by atoms with E-state index < -0.39 is 0 Å². The summed E-state index contributed by atoms with van der Waals surface area (Å²) >= 11 is 3.32. The smallest absolute Gasteiger partial charge is 0.338 e. The predicted octanol–water partition coefficient (Wildman–Crippen LogP) is 2.77. The summed E-state index contributed by atoms with van der Waals surface area (Å²) in [4.78, 5) is 11.5. The molecule has 0 atom stereocenters. The van der Waals surface area contributed by atoms with Crippen molar-refractivity contribution < 1.29 is 14.3 Å². The van der Waals surface area contributed by atoms with Crippen molar-refractivity contribution in [1.82, 2.24) is 0 Å². The van der Waals surface area contributed by atoms with Crippen molar-refractivity contribution >= 4 is 21.9 Å². The molecule has 0 spiro atoms. The van der Waals surface area contributed by atoms with Gasteiger partial charge in [0.1, 0.15) is 12.4 Å². The Bertz CT molecular complexity index is 457.